The summed E-state index contributed by atoms with van der Waals surface area (Å²) in [6, 6.07) is 75.0. The van der Waals surface area contributed by atoms with E-state index in [0.717, 1.165) is 28.2 Å². The second kappa shape index (κ2) is 13.8. The molecule has 2 heterocycles. The highest BCUT2D eigenvalue weighted by Gasteiger charge is 2.27. The number of hydrogen-bond donors (Lipinski definition) is 0. The van der Waals surface area contributed by atoms with Crippen LogP contribution in [0.15, 0.2) is 216 Å². The molecule has 0 saturated heterocycles. The SMILES string of the molecule is C=Nc1cccc2c1C(=NCc1ccc3cc(-n4c5ccccc5c5cc6cc(-c7ccc8c(c7)c7ccccc7n8-c7ccccc7)ccc6cc54)ccc3c1)c1ccccc1-2. The van der Waals surface area contributed by atoms with Crippen molar-refractivity contribution in [3.63, 3.8) is 0 Å². The lowest BCUT2D eigenvalue weighted by atomic mass is 9.98. The lowest BCUT2D eigenvalue weighted by molar-refractivity contribution is 1.07. The van der Waals surface area contributed by atoms with Crippen molar-refractivity contribution in [2.45, 2.75) is 6.54 Å². The molecule has 4 nitrogen and oxygen atoms in total. The van der Waals surface area contributed by atoms with E-state index in [4.69, 9.17) is 4.99 Å². The van der Waals surface area contributed by atoms with Crippen molar-refractivity contribution in [3.8, 4) is 33.6 Å². The van der Waals surface area contributed by atoms with Gasteiger partial charge < -0.3 is 9.13 Å². The molecule has 0 atom stereocenters. The molecule has 0 bridgehead atoms. The van der Waals surface area contributed by atoms with Crippen molar-refractivity contribution >= 4 is 83.3 Å². The average Bonchev–Trinajstić information content (AvgIpc) is 3.97. The van der Waals surface area contributed by atoms with Crippen LogP contribution in [0.3, 0.4) is 0 Å². The number of fused-ring (bicyclic) bond motifs is 11. The summed E-state index contributed by atoms with van der Waals surface area (Å²) in [4.78, 5) is 9.58. The van der Waals surface area contributed by atoms with Crippen LogP contribution in [0.25, 0.3) is 98.8 Å². The Hall–Kier alpha value is -8.34. The molecule has 1 aliphatic carbocycles. The third-order valence-corrected chi connectivity index (χ3v) is 13.1. The van der Waals surface area contributed by atoms with Gasteiger partial charge in [-0.25, -0.2) is 0 Å². The molecule has 0 N–H and O–H groups in total. The predicted molar refractivity (Wildman–Crippen MR) is 266 cm³/mol. The van der Waals surface area contributed by atoms with E-state index < -0.39 is 0 Å². The maximum Gasteiger partial charge on any atom is 0.0757 e. The van der Waals surface area contributed by atoms with Crippen molar-refractivity contribution in [2.75, 3.05) is 0 Å². The quantitative estimate of drug-likeness (QED) is 0.150. The molecule has 0 spiro atoms. The Bertz CT molecular complexity index is 3900. The van der Waals surface area contributed by atoms with Crippen molar-refractivity contribution in [1.82, 2.24) is 9.13 Å². The van der Waals surface area contributed by atoms with Gasteiger partial charge in [0.1, 0.15) is 0 Å². The summed E-state index contributed by atoms with van der Waals surface area (Å²) in [6.07, 6.45) is 0. The molecule has 1 aliphatic rings. The van der Waals surface area contributed by atoms with Gasteiger partial charge in [0.25, 0.3) is 0 Å². The number of para-hydroxylation sites is 3. The fourth-order valence-corrected chi connectivity index (χ4v) is 10.2. The summed E-state index contributed by atoms with van der Waals surface area (Å²) < 4.78 is 4.80. The van der Waals surface area contributed by atoms with Gasteiger partial charge in [0, 0.05) is 44.0 Å². The summed E-state index contributed by atoms with van der Waals surface area (Å²) in [5, 5.41) is 9.84. The Labute approximate surface area is 364 Å². The fraction of sp³-hybridized carbons (Fsp3) is 0.0169. The van der Waals surface area contributed by atoms with E-state index in [-0.39, 0.29) is 0 Å². The normalized spacial score (nSPS) is 12.9. The third kappa shape index (κ3) is 5.48. The highest BCUT2D eigenvalue weighted by atomic mass is 15.0. The molecule has 12 aromatic rings. The number of benzene rings is 10. The molecule has 4 heteroatoms. The lowest BCUT2D eigenvalue weighted by Crippen LogP contribution is -2.00. The minimum atomic E-state index is 0.571. The maximum atomic E-state index is 5.22. The first-order valence-electron chi connectivity index (χ1n) is 21.5. The molecule has 0 radical (unpaired) electrons. The maximum absolute atomic E-state index is 5.22. The van der Waals surface area contributed by atoms with Crippen LogP contribution in [0.5, 0.6) is 0 Å². The van der Waals surface area contributed by atoms with Gasteiger partial charge in [0.2, 0.25) is 0 Å². The predicted octanol–water partition coefficient (Wildman–Crippen LogP) is 15.2. The minimum absolute atomic E-state index is 0.571. The lowest BCUT2D eigenvalue weighted by Gasteiger charge is -2.11. The van der Waals surface area contributed by atoms with Gasteiger partial charge in [-0.1, -0.05) is 127 Å². The van der Waals surface area contributed by atoms with Crippen molar-refractivity contribution < 1.29 is 0 Å². The molecule has 10 aromatic carbocycles. The summed E-state index contributed by atoms with van der Waals surface area (Å²) in [6.45, 7) is 4.43. The van der Waals surface area contributed by atoms with Crippen LogP contribution < -0.4 is 0 Å². The second-order valence-electron chi connectivity index (χ2n) is 16.6. The summed E-state index contributed by atoms with van der Waals surface area (Å²) >= 11 is 0. The van der Waals surface area contributed by atoms with Gasteiger partial charge in [0.05, 0.1) is 40.0 Å². The molecule has 2 aromatic heterocycles. The molecule has 0 unspecified atom stereocenters. The van der Waals surface area contributed by atoms with E-state index >= 15 is 0 Å². The van der Waals surface area contributed by atoms with Crippen LogP contribution in [0.4, 0.5) is 5.69 Å². The average molecular weight is 803 g/mol. The monoisotopic (exact) mass is 802 g/mol. The Balaban J connectivity index is 0.870. The van der Waals surface area contributed by atoms with Crippen molar-refractivity contribution in [3.05, 3.63) is 223 Å². The van der Waals surface area contributed by atoms with E-state index in [0.29, 0.717) is 6.54 Å². The van der Waals surface area contributed by atoms with E-state index in [1.807, 2.05) is 12.1 Å². The van der Waals surface area contributed by atoms with Gasteiger partial charge in [-0.15, -0.1) is 0 Å². The Kier molecular flexibility index (Phi) is 7.79. The zero-order valence-corrected chi connectivity index (χ0v) is 34.3. The number of aliphatic imine (C=N–C) groups is 2. The standard InChI is InChI=1S/C59H38N4/c1-60-53-19-11-18-49-46-14-5-6-17-50(46)59(58(49)53)61-36-37-22-23-40-32-45(28-26-38(40)30-37)63-55-21-10-8-16-48(55)52-34-43-31-39(24-25-42(43)35-57(52)63)41-27-29-56-51(33-41)47-15-7-9-20-54(47)62(56)44-12-3-2-4-13-44/h2-35H,1,36H2. The van der Waals surface area contributed by atoms with E-state index in [1.165, 1.54) is 98.7 Å². The molecule has 63 heavy (non-hydrogen) atoms. The van der Waals surface area contributed by atoms with Crippen molar-refractivity contribution in [1.29, 1.82) is 0 Å². The molecule has 0 fully saturated rings. The second-order valence-corrected chi connectivity index (χ2v) is 16.6. The molecule has 0 aliphatic heterocycles. The summed E-state index contributed by atoms with van der Waals surface area (Å²) in [7, 11) is 0. The number of hydrogen-bond acceptors (Lipinski definition) is 2. The van der Waals surface area contributed by atoms with E-state index in [1.54, 1.807) is 0 Å². The van der Waals surface area contributed by atoms with Crippen LogP contribution in [-0.2, 0) is 6.54 Å². The first kappa shape index (κ1) is 35.4. The van der Waals surface area contributed by atoms with Gasteiger partial charge >= 0.3 is 0 Å². The molecule has 0 saturated carbocycles. The van der Waals surface area contributed by atoms with Gasteiger partial charge in [-0.2, -0.15) is 0 Å². The largest absolute Gasteiger partial charge is 0.309 e. The topological polar surface area (TPSA) is 34.6 Å². The van der Waals surface area contributed by atoms with Crippen LogP contribution in [-0.4, -0.2) is 21.6 Å². The number of nitrogens with zero attached hydrogens (tertiary/aromatic N) is 4. The number of aromatic nitrogens is 2. The third-order valence-electron chi connectivity index (χ3n) is 13.1. The highest BCUT2D eigenvalue weighted by molar-refractivity contribution is 6.27. The Morgan fingerprint density at radius 3 is 1.83 bits per heavy atom. The molecule has 0 amide bonds. The van der Waals surface area contributed by atoms with Crippen LogP contribution in [0.2, 0.25) is 0 Å². The van der Waals surface area contributed by atoms with Gasteiger partial charge in [-0.3, -0.25) is 9.98 Å². The molecule has 294 valence electrons. The van der Waals surface area contributed by atoms with E-state index in [9.17, 15) is 0 Å². The Morgan fingerprint density at radius 2 is 1.00 bits per heavy atom. The van der Waals surface area contributed by atoms with Crippen LogP contribution in [0, 0.1) is 0 Å². The minimum Gasteiger partial charge on any atom is -0.309 e. The molecular weight excluding hydrogens is 765 g/mol. The first-order valence-corrected chi connectivity index (χ1v) is 21.5. The van der Waals surface area contributed by atoms with Crippen molar-refractivity contribution in [2.24, 2.45) is 9.98 Å². The number of rotatable bonds is 6. The molecule has 13 rings (SSSR count). The van der Waals surface area contributed by atoms with Gasteiger partial charge in [-0.05, 0) is 135 Å². The fourth-order valence-electron chi connectivity index (χ4n) is 10.2. The molecular formula is C59H38N4. The summed E-state index contributed by atoms with van der Waals surface area (Å²) in [5.41, 5.74) is 17.2. The Morgan fingerprint density at radius 1 is 0.381 bits per heavy atom. The zero-order valence-electron chi connectivity index (χ0n) is 34.3. The van der Waals surface area contributed by atoms with Gasteiger partial charge in [0.15, 0.2) is 0 Å². The van der Waals surface area contributed by atoms with Crippen LogP contribution >= 0.6 is 0 Å². The first-order chi connectivity index (χ1) is 31.2. The smallest absolute Gasteiger partial charge is 0.0757 e. The van der Waals surface area contributed by atoms with Crippen LogP contribution in [0.1, 0.15) is 16.7 Å². The summed E-state index contributed by atoms with van der Waals surface area (Å²) in [5.74, 6) is 0. The zero-order chi connectivity index (χ0) is 41.6. The van der Waals surface area contributed by atoms with E-state index in [2.05, 4.69) is 215 Å². The highest BCUT2D eigenvalue weighted by Crippen LogP contribution is 2.42.